The van der Waals surface area contributed by atoms with E-state index in [-0.39, 0.29) is 0 Å². The van der Waals surface area contributed by atoms with E-state index in [1.165, 1.54) is 0 Å². The van der Waals surface area contributed by atoms with Crippen LogP contribution in [-0.4, -0.2) is 26.7 Å². The average molecular weight is 261 g/mol. The van der Waals surface area contributed by atoms with E-state index in [9.17, 15) is 4.79 Å². The Morgan fingerprint density at radius 1 is 1.47 bits per heavy atom. The largest absolute Gasteiger partial charge is 0.480 e. The fraction of sp³-hybridized carbons (Fsp3) is 0.429. The predicted molar refractivity (Wildman–Crippen MR) is 74.0 cm³/mol. The minimum absolute atomic E-state index is 0.409. The number of carbonyl (C=O) groups is 1. The number of aliphatic carboxylic acids is 1. The van der Waals surface area contributed by atoms with Crippen LogP contribution < -0.4 is 5.73 Å². The number of hydrogen-bond acceptors (Lipinski definition) is 3. The molecule has 2 aromatic rings. The quantitative estimate of drug-likeness (QED) is 0.830. The molecule has 1 heterocycles. The van der Waals surface area contributed by atoms with E-state index in [4.69, 9.17) is 10.8 Å². The van der Waals surface area contributed by atoms with Gasteiger partial charge in [-0.05, 0) is 25.0 Å². The highest BCUT2D eigenvalue weighted by atomic mass is 16.4. The summed E-state index contributed by atoms with van der Waals surface area (Å²) in [4.78, 5) is 15.4. The predicted octanol–water partition coefficient (Wildman–Crippen LogP) is 1.79. The van der Waals surface area contributed by atoms with Crippen molar-refractivity contribution in [3.8, 4) is 0 Å². The topological polar surface area (TPSA) is 81.1 Å². The molecule has 0 aliphatic heterocycles. The molecular formula is C14H19N3O2. The second-order valence-electron chi connectivity index (χ2n) is 4.65. The third-order valence-corrected chi connectivity index (χ3v) is 3.19. The first-order chi connectivity index (χ1) is 9.13. The number of nitrogens with two attached hydrogens (primary N) is 1. The Balaban J connectivity index is 2.28. The number of imidazole rings is 1. The van der Waals surface area contributed by atoms with Crippen molar-refractivity contribution < 1.29 is 9.90 Å². The molecule has 0 spiro atoms. The van der Waals surface area contributed by atoms with Crippen molar-refractivity contribution in [3.63, 3.8) is 0 Å². The highest BCUT2D eigenvalue weighted by Crippen LogP contribution is 2.17. The summed E-state index contributed by atoms with van der Waals surface area (Å²) in [6, 6.07) is 7.08. The molecule has 0 bridgehead atoms. The van der Waals surface area contributed by atoms with Gasteiger partial charge in [0.1, 0.15) is 11.9 Å². The second kappa shape index (κ2) is 5.84. The number of benzene rings is 1. The van der Waals surface area contributed by atoms with Crippen LogP contribution in [0, 0.1) is 0 Å². The van der Waals surface area contributed by atoms with Crippen LogP contribution in [0.4, 0.5) is 0 Å². The van der Waals surface area contributed by atoms with E-state index in [2.05, 4.69) is 16.5 Å². The van der Waals surface area contributed by atoms with Crippen molar-refractivity contribution in [2.75, 3.05) is 0 Å². The van der Waals surface area contributed by atoms with Gasteiger partial charge in [0.15, 0.2) is 0 Å². The zero-order valence-electron chi connectivity index (χ0n) is 11.0. The molecule has 1 atom stereocenters. The molecule has 5 heteroatoms. The lowest BCUT2D eigenvalue weighted by Crippen LogP contribution is -2.31. The van der Waals surface area contributed by atoms with Crippen LogP contribution in [-0.2, 0) is 17.8 Å². The number of para-hydroxylation sites is 2. The fourth-order valence-electron chi connectivity index (χ4n) is 2.18. The summed E-state index contributed by atoms with van der Waals surface area (Å²) < 4.78 is 2.08. The van der Waals surface area contributed by atoms with E-state index >= 15 is 0 Å². The van der Waals surface area contributed by atoms with E-state index < -0.39 is 12.0 Å². The van der Waals surface area contributed by atoms with Gasteiger partial charge in [-0.2, -0.15) is 0 Å². The first kappa shape index (κ1) is 13.5. The van der Waals surface area contributed by atoms with Crippen molar-refractivity contribution in [1.82, 2.24) is 9.55 Å². The van der Waals surface area contributed by atoms with Gasteiger partial charge in [-0.3, -0.25) is 4.79 Å². The molecule has 19 heavy (non-hydrogen) atoms. The zero-order valence-corrected chi connectivity index (χ0v) is 11.0. The molecule has 0 saturated heterocycles. The maximum atomic E-state index is 10.8. The monoisotopic (exact) mass is 261 g/mol. The number of carboxylic acid groups (broad SMARTS) is 1. The number of aryl methyl sites for hydroxylation is 2. The zero-order chi connectivity index (χ0) is 13.8. The van der Waals surface area contributed by atoms with Gasteiger partial charge < -0.3 is 15.4 Å². The summed E-state index contributed by atoms with van der Waals surface area (Å²) in [5.74, 6) is 0.0442. The number of aromatic nitrogens is 2. The molecule has 1 aromatic heterocycles. The summed E-state index contributed by atoms with van der Waals surface area (Å²) in [5.41, 5.74) is 7.57. The lowest BCUT2D eigenvalue weighted by Gasteiger charge is -2.11. The summed E-state index contributed by atoms with van der Waals surface area (Å²) in [7, 11) is 0. The molecule has 3 N–H and O–H groups in total. The van der Waals surface area contributed by atoms with Crippen molar-refractivity contribution in [2.45, 2.75) is 38.8 Å². The standard InChI is InChI=1S/C14H19N3O2/c1-2-5-13-16-11-6-3-4-7-12(11)17(13)9-8-10(15)14(18)19/h3-4,6-7,10H,2,5,8-9,15H2,1H3,(H,18,19). The minimum Gasteiger partial charge on any atom is -0.480 e. The minimum atomic E-state index is -0.957. The van der Waals surface area contributed by atoms with Crippen molar-refractivity contribution in [1.29, 1.82) is 0 Å². The summed E-state index contributed by atoms with van der Waals surface area (Å²) in [6.07, 6.45) is 2.30. The van der Waals surface area contributed by atoms with E-state index in [1.54, 1.807) is 0 Å². The molecule has 0 fully saturated rings. The van der Waals surface area contributed by atoms with E-state index in [0.29, 0.717) is 13.0 Å². The normalized spacial score (nSPS) is 12.7. The van der Waals surface area contributed by atoms with Gasteiger partial charge in [0.2, 0.25) is 0 Å². The Bertz CT molecular complexity index is 577. The van der Waals surface area contributed by atoms with Gasteiger partial charge >= 0.3 is 5.97 Å². The number of fused-ring (bicyclic) bond motifs is 1. The molecule has 0 aliphatic carbocycles. The van der Waals surface area contributed by atoms with Crippen molar-refractivity contribution in [2.24, 2.45) is 5.73 Å². The fourth-order valence-corrected chi connectivity index (χ4v) is 2.18. The Kier molecular flexibility index (Phi) is 4.16. The van der Waals surface area contributed by atoms with E-state index in [1.807, 2.05) is 24.3 Å². The lowest BCUT2D eigenvalue weighted by molar-refractivity contribution is -0.138. The number of nitrogens with zero attached hydrogens (tertiary/aromatic N) is 2. The van der Waals surface area contributed by atoms with Gasteiger partial charge in [-0.25, -0.2) is 4.98 Å². The van der Waals surface area contributed by atoms with Crippen LogP contribution in [0.15, 0.2) is 24.3 Å². The molecule has 0 aliphatic rings. The van der Waals surface area contributed by atoms with Crippen LogP contribution in [0.2, 0.25) is 0 Å². The Labute approximate surface area is 112 Å². The van der Waals surface area contributed by atoms with Crippen LogP contribution in [0.5, 0.6) is 0 Å². The Morgan fingerprint density at radius 2 is 2.21 bits per heavy atom. The molecule has 102 valence electrons. The molecule has 0 amide bonds. The second-order valence-corrected chi connectivity index (χ2v) is 4.65. The maximum absolute atomic E-state index is 10.8. The van der Waals surface area contributed by atoms with Crippen LogP contribution >= 0.6 is 0 Å². The van der Waals surface area contributed by atoms with Crippen LogP contribution in [0.3, 0.4) is 0 Å². The van der Waals surface area contributed by atoms with Crippen molar-refractivity contribution in [3.05, 3.63) is 30.1 Å². The molecule has 1 aromatic carbocycles. The van der Waals surface area contributed by atoms with Gasteiger partial charge in [-0.1, -0.05) is 19.1 Å². The molecule has 1 unspecified atom stereocenters. The average Bonchev–Trinajstić information content (AvgIpc) is 2.74. The molecular weight excluding hydrogens is 242 g/mol. The molecule has 0 radical (unpaired) electrons. The highest BCUT2D eigenvalue weighted by Gasteiger charge is 2.14. The first-order valence-corrected chi connectivity index (χ1v) is 6.56. The third-order valence-electron chi connectivity index (χ3n) is 3.19. The molecule has 5 nitrogen and oxygen atoms in total. The Morgan fingerprint density at radius 3 is 2.89 bits per heavy atom. The van der Waals surface area contributed by atoms with Crippen LogP contribution in [0.1, 0.15) is 25.6 Å². The number of carboxylic acids is 1. The van der Waals surface area contributed by atoms with Gasteiger partial charge in [0.05, 0.1) is 11.0 Å². The van der Waals surface area contributed by atoms with Gasteiger partial charge in [0, 0.05) is 13.0 Å². The number of rotatable bonds is 6. The summed E-state index contributed by atoms with van der Waals surface area (Å²) in [6.45, 7) is 2.69. The van der Waals surface area contributed by atoms with Crippen LogP contribution in [0.25, 0.3) is 11.0 Å². The maximum Gasteiger partial charge on any atom is 0.320 e. The van der Waals surface area contributed by atoms with Crippen molar-refractivity contribution >= 4 is 17.0 Å². The smallest absolute Gasteiger partial charge is 0.320 e. The lowest BCUT2D eigenvalue weighted by atomic mass is 10.2. The molecule has 0 saturated carbocycles. The number of hydrogen-bond donors (Lipinski definition) is 2. The summed E-state index contributed by atoms with van der Waals surface area (Å²) >= 11 is 0. The SMILES string of the molecule is CCCc1nc2ccccc2n1CCC(N)C(=O)O. The van der Waals surface area contributed by atoms with Gasteiger partial charge in [0.25, 0.3) is 0 Å². The third kappa shape index (κ3) is 2.93. The Hall–Kier alpha value is -1.88. The first-order valence-electron chi connectivity index (χ1n) is 6.56. The summed E-state index contributed by atoms with van der Waals surface area (Å²) in [5, 5.41) is 8.85. The molecule has 2 rings (SSSR count). The van der Waals surface area contributed by atoms with Gasteiger partial charge in [-0.15, -0.1) is 0 Å². The van der Waals surface area contributed by atoms with E-state index in [0.717, 1.165) is 29.7 Å². The highest BCUT2D eigenvalue weighted by molar-refractivity contribution is 5.76.